The molecule has 2 aliphatic rings. The zero-order valence-corrected chi connectivity index (χ0v) is 16.1. The number of piperazine rings is 1. The first-order valence-electron chi connectivity index (χ1n) is 8.89. The number of hydrogen-bond acceptors (Lipinski definition) is 5. The molecule has 6 nitrogen and oxygen atoms in total. The van der Waals surface area contributed by atoms with Gasteiger partial charge in [0.25, 0.3) is 0 Å². The first-order chi connectivity index (χ1) is 12.2. The molecule has 1 N–H and O–H groups in total. The van der Waals surface area contributed by atoms with Crippen LogP contribution in [0.15, 0.2) is 35.9 Å². The van der Waals surface area contributed by atoms with Gasteiger partial charge in [-0.25, -0.2) is 13.2 Å². The molecule has 0 aliphatic carbocycles. The largest absolute Gasteiger partial charge is 0.478 e. The minimum atomic E-state index is -3.03. The smallest absolute Gasteiger partial charge is 0.335 e. The molecule has 2 fully saturated rings. The van der Waals surface area contributed by atoms with Crippen molar-refractivity contribution in [3.8, 4) is 0 Å². The van der Waals surface area contributed by atoms with Gasteiger partial charge in [0.2, 0.25) is 0 Å². The predicted octanol–water partition coefficient (Wildman–Crippen LogP) is 1.63. The second-order valence-electron chi connectivity index (χ2n) is 7.46. The van der Waals surface area contributed by atoms with Gasteiger partial charge in [-0.15, -0.1) is 0 Å². The fourth-order valence-corrected chi connectivity index (χ4v) is 5.85. The molecule has 7 heteroatoms. The summed E-state index contributed by atoms with van der Waals surface area (Å²) in [6, 6.07) is 6.87. The Bertz CT molecular complexity index is 797. The molecule has 142 valence electrons. The Hall–Kier alpha value is -1.70. The average molecular weight is 378 g/mol. The van der Waals surface area contributed by atoms with E-state index in [0.717, 1.165) is 25.2 Å². The summed E-state index contributed by atoms with van der Waals surface area (Å²) in [5, 5.41) is 9.01. The van der Waals surface area contributed by atoms with Gasteiger partial charge in [0.05, 0.1) is 17.1 Å². The van der Waals surface area contributed by atoms with Gasteiger partial charge in [0, 0.05) is 38.3 Å². The molecule has 0 unspecified atom stereocenters. The average Bonchev–Trinajstić information content (AvgIpc) is 2.90. The molecule has 3 rings (SSSR count). The lowest BCUT2D eigenvalue weighted by molar-refractivity contribution is 0.0478. The first-order valence-corrected chi connectivity index (χ1v) is 10.7. The maximum atomic E-state index is 12.3. The van der Waals surface area contributed by atoms with Crippen LogP contribution in [0.4, 0.5) is 0 Å². The highest BCUT2D eigenvalue weighted by molar-refractivity contribution is 7.91. The number of aromatic carboxylic acids is 1. The summed E-state index contributed by atoms with van der Waals surface area (Å²) in [6.07, 6.45) is 2.16. The fourth-order valence-electron chi connectivity index (χ4n) is 3.81. The van der Waals surface area contributed by atoms with Crippen LogP contribution in [0, 0.1) is 0 Å². The third kappa shape index (κ3) is 4.34. The Kier molecular flexibility index (Phi) is 5.50. The Morgan fingerprint density at radius 2 is 1.69 bits per heavy atom. The zero-order valence-electron chi connectivity index (χ0n) is 15.3. The highest BCUT2D eigenvalue weighted by Crippen LogP contribution is 2.28. The van der Waals surface area contributed by atoms with E-state index in [1.54, 1.807) is 12.1 Å². The molecule has 0 aromatic heterocycles. The van der Waals surface area contributed by atoms with Crippen molar-refractivity contribution in [1.82, 2.24) is 9.80 Å². The third-order valence-corrected chi connectivity index (χ3v) is 6.93. The van der Waals surface area contributed by atoms with E-state index in [-0.39, 0.29) is 29.2 Å². The van der Waals surface area contributed by atoms with E-state index in [0.29, 0.717) is 6.54 Å². The number of carboxylic acid groups (broad SMARTS) is 1. The molecule has 0 saturated carbocycles. The SMILES string of the molecule is CC(C)=CCN1CCN(Cc2ccc(C(=O)O)cc2)[C@H]2CS(=O)(=O)C[C@H]21. The molecular weight excluding hydrogens is 352 g/mol. The summed E-state index contributed by atoms with van der Waals surface area (Å²) in [6.45, 7) is 7.20. The van der Waals surface area contributed by atoms with Gasteiger partial charge in [-0.05, 0) is 31.5 Å². The second-order valence-corrected chi connectivity index (χ2v) is 9.61. The van der Waals surface area contributed by atoms with Gasteiger partial charge in [-0.1, -0.05) is 23.8 Å². The van der Waals surface area contributed by atoms with Gasteiger partial charge in [0.1, 0.15) is 0 Å². The molecule has 0 spiro atoms. The Morgan fingerprint density at radius 3 is 2.27 bits per heavy atom. The summed E-state index contributed by atoms with van der Waals surface area (Å²) in [5.74, 6) is -0.509. The fraction of sp³-hybridized carbons (Fsp3) is 0.526. The number of sulfone groups is 1. The lowest BCUT2D eigenvalue weighted by Gasteiger charge is -2.43. The quantitative estimate of drug-likeness (QED) is 0.785. The van der Waals surface area contributed by atoms with Crippen LogP contribution in [0.2, 0.25) is 0 Å². The minimum Gasteiger partial charge on any atom is -0.478 e. The molecule has 2 heterocycles. The molecule has 1 aromatic carbocycles. The van der Waals surface area contributed by atoms with E-state index in [4.69, 9.17) is 5.11 Å². The Balaban J connectivity index is 1.75. The molecule has 0 amide bonds. The number of carbonyl (C=O) groups is 1. The summed E-state index contributed by atoms with van der Waals surface area (Å²) >= 11 is 0. The summed E-state index contributed by atoms with van der Waals surface area (Å²) in [5.41, 5.74) is 2.51. The lowest BCUT2D eigenvalue weighted by atomic mass is 10.0. The van der Waals surface area contributed by atoms with Crippen molar-refractivity contribution < 1.29 is 18.3 Å². The van der Waals surface area contributed by atoms with E-state index in [1.807, 2.05) is 12.1 Å². The maximum absolute atomic E-state index is 12.3. The summed E-state index contributed by atoms with van der Waals surface area (Å²) < 4.78 is 24.5. The Labute approximate surface area is 155 Å². The molecule has 2 aliphatic heterocycles. The minimum absolute atomic E-state index is 0.00142. The molecule has 0 radical (unpaired) electrons. The third-order valence-electron chi connectivity index (χ3n) is 5.23. The van der Waals surface area contributed by atoms with Crippen LogP contribution in [-0.4, -0.2) is 72.5 Å². The maximum Gasteiger partial charge on any atom is 0.335 e. The normalized spacial score (nSPS) is 25.6. The van der Waals surface area contributed by atoms with E-state index in [2.05, 4.69) is 29.7 Å². The van der Waals surface area contributed by atoms with Gasteiger partial charge >= 0.3 is 5.97 Å². The topological polar surface area (TPSA) is 77.9 Å². The van der Waals surface area contributed by atoms with E-state index >= 15 is 0 Å². The number of fused-ring (bicyclic) bond motifs is 1. The van der Waals surface area contributed by atoms with Crippen molar-refractivity contribution >= 4 is 15.8 Å². The van der Waals surface area contributed by atoms with Crippen molar-refractivity contribution in [2.24, 2.45) is 0 Å². The highest BCUT2D eigenvalue weighted by atomic mass is 32.2. The number of benzene rings is 1. The summed E-state index contributed by atoms with van der Waals surface area (Å²) in [4.78, 5) is 15.5. The van der Waals surface area contributed by atoms with E-state index in [1.165, 1.54) is 5.57 Å². The molecule has 2 saturated heterocycles. The number of rotatable bonds is 5. The number of hydrogen-bond donors (Lipinski definition) is 1. The van der Waals surface area contributed by atoms with Crippen molar-refractivity contribution in [2.45, 2.75) is 32.5 Å². The first kappa shape index (κ1) is 19.1. The number of allylic oxidation sites excluding steroid dienone is 1. The molecule has 26 heavy (non-hydrogen) atoms. The zero-order chi connectivity index (χ0) is 18.9. The van der Waals surface area contributed by atoms with E-state index in [9.17, 15) is 13.2 Å². The predicted molar refractivity (Wildman–Crippen MR) is 101 cm³/mol. The van der Waals surface area contributed by atoms with Crippen LogP contribution in [0.3, 0.4) is 0 Å². The monoisotopic (exact) mass is 378 g/mol. The summed E-state index contributed by atoms with van der Waals surface area (Å²) in [7, 11) is -3.03. The van der Waals surface area contributed by atoms with Crippen molar-refractivity contribution in [1.29, 1.82) is 0 Å². The number of nitrogens with zero attached hydrogens (tertiary/aromatic N) is 2. The lowest BCUT2D eigenvalue weighted by Crippen LogP contribution is -2.58. The van der Waals surface area contributed by atoms with E-state index < -0.39 is 15.8 Å². The van der Waals surface area contributed by atoms with Crippen molar-refractivity contribution in [3.63, 3.8) is 0 Å². The second kappa shape index (κ2) is 7.50. The molecule has 1 aromatic rings. The number of carboxylic acids is 1. The highest BCUT2D eigenvalue weighted by Gasteiger charge is 2.46. The van der Waals surface area contributed by atoms with Gasteiger partial charge in [0.15, 0.2) is 9.84 Å². The van der Waals surface area contributed by atoms with Crippen molar-refractivity contribution in [3.05, 3.63) is 47.0 Å². The van der Waals surface area contributed by atoms with Crippen LogP contribution in [0.25, 0.3) is 0 Å². The Morgan fingerprint density at radius 1 is 1.12 bits per heavy atom. The molecule has 0 bridgehead atoms. The van der Waals surface area contributed by atoms with Crippen molar-refractivity contribution in [2.75, 3.05) is 31.1 Å². The van der Waals surface area contributed by atoms with Gasteiger partial charge < -0.3 is 5.11 Å². The van der Waals surface area contributed by atoms with Crippen LogP contribution >= 0.6 is 0 Å². The van der Waals surface area contributed by atoms with Crippen LogP contribution in [0.1, 0.15) is 29.8 Å². The van der Waals surface area contributed by atoms with Gasteiger partial charge in [-0.2, -0.15) is 0 Å². The van der Waals surface area contributed by atoms with Crippen LogP contribution < -0.4 is 0 Å². The van der Waals surface area contributed by atoms with Gasteiger partial charge in [-0.3, -0.25) is 9.80 Å². The van der Waals surface area contributed by atoms with Crippen LogP contribution in [0.5, 0.6) is 0 Å². The standard InChI is InChI=1S/C19H26N2O4S/c1-14(2)7-8-20-9-10-21(18-13-26(24,25)12-17(18)20)11-15-3-5-16(6-4-15)19(22)23/h3-7,17-18H,8-13H2,1-2H3,(H,22,23)/t17-,18+/m1/s1. The molecular formula is C19H26N2O4S. The van der Waals surface area contributed by atoms with Crippen LogP contribution in [-0.2, 0) is 16.4 Å². The molecule has 2 atom stereocenters.